The van der Waals surface area contributed by atoms with Crippen molar-refractivity contribution < 1.29 is 19.4 Å². The number of ether oxygens (including phenoxy) is 1. The smallest absolute Gasteiger partial charge is 0.322 e. The van der Waals surface area contributed by atoms with Gasteiger partial charge in [-0.05, 0) is 19.1 Å². The van der Waals surface area contributed by atoms with Crippen LogP contribution in [0.4, 0.5) is 0 Å². The Morgan fingerprint density at radius 2 is 2.14 bits per heavy atom. The van der Waals surface area contributed by atoms with Gasteiger partial charge in [-0.3, -0.25) is 9.59 Å². The summed E-state index contributed by atoms with van der Waals surface area (Å²) in [5.74, 6) is -0.792. The van der Waals surface area contributed by atoms with Crippen LogP contribution >= 0.6 is 11.8 Å². The number of nitrogens with two attached hydrogens (primary N) is 1. The third-order valence-electron chi connectivity index (χ3n) is 1.65. The van der Waals surface area contributed by atoms with Gasteiger partial charge in [-0.2, -0.15) is 0 Å². The fourth-order valence-corrected chi connectivity index (χ4v) is 1.60. The van der Waals surface area contributed by atoms with E-state index in [1.807, 2.05) is 0 Å². The Hall–Kier alpha value is -0.750. The van der Waals surface area contributed by atoms with E-state index in [1.54, 1.807) is 6.92 Å². The number of hydrogen-bond donors (Lipinski definition) is 2. The number of carbonyl (C=O) groups excluding carboxylic acids is 1. The Morgan fingerprint density at radius 1 is 1.57 bits per heavy atom. The second-order valence-electron chi connectivity index (χ2n) is 2.77. The van der Waals surface area contributed by atoms with Crippen LogP contribution in [0, 0.1) is 0 Å². The molecule has 0 saturated carbocycles. The Bertz CT molecular complexity index is 210. The molecule has 0 bridgehead atoms. The monoisotopic (exact) mass is 221 g/mol. The highest BCUT2D eigenvalue weighted by molar-refractivity contribution is 8.00. The van der Waals surface area contributed by atoms with Gasteiger partial charge >= 0.3 is 11.9 Å². The Morgan fingerprint density at radius 3 is 2.57 bits per heavy atom. The number of hydrogen-bond acceptors (Lipinski definition) is 5. The molecule has 2 atom stereocenters. The van der Waals surface area contributed by atoms with Gasteiger partial charge in [-0.25, -0.2) is 0 Å². The first-order chi connectivity index (χ1) is 6.49. The van der Waals surface area contributed by atoms with Crippen molar-refractivity contribution in [1.82, 2.24) is 0 Å². The van der Waals surface area contributed by atoms with E-state index in [2.05, 4.69) is 4.74 Å². The summed E-state index contributed by atoms with van der Waals surface area (Å²) in [5.41, 5.74) is 5.45. The lowest BCUT2D eigenvalue weighted by atomic mass is 10.2. The molecular weight excluding hydrogens is 206 g/mol. The third kappa shape index (κ3) is 5.08. The SMILES string of the molecule is COC(=O)C(N)CCSC(C)C(=O)O. The average Bonchev–Trinajstić information content (AvgIpc) is 2.15. The zero-order valence-electron chi connectivity index (χ0n) is 8.23. The summed E-state index contributed by atoms with van der Waals surface area (Å²) in [4.78, 5) is 21.3. The lowest BCUT2D eigenvalue weighted by Crippen LogP contribution is -2.32. The summed E-state index contributed by atoms with van der Waals surface area (Å²) in [5, 5.41) is 8.09. The van der Waals surface area contributed by atoms with E-state index in [0.29, 0.717) is 12.2 Å². The van der Waals surface area contributed by atoms with Crippen LogP contribution in [0.2, 0.25) is 0 Å². The number of carboxylic acid groups (broad SMARTS) is 1. The van der Waals surface area contributed by atoms with Crippen LogP contribution in [0.15, 0.2) is 0 Å². The second-order valence-corrected chi connectivity index (χ2v) is 4.22. The summed E-state index contributed by atoms with van der Waals surface area (Å²) in [6.45, 7) is 1.59. The van der Waals surface area contributed by atoms with Crippen molar-refractivity contribution >= 4 is 23.7 Å². The Kier molecular flexibility index (Phi) is 6.31. The zero-order chi connectivity index (χ0) is 11.1. The van der Waals surface area contributed by atoms with Gasteiger partial charge < -0.3 is 15.6 Å². The molecule has 0 aromatic rings. The Labute approximate surface area is 87.0 Å². The fraction of sp³-hybridized carbons (Fsp3) is 0.750. The highest BCUT2D eigenvalue weighted by atomic mass is 32.2. The second kappa shape index (κ2) is 6.67. The number of rotatable bonds is 6. The maximum atomic E-state index is 10.8. The first kappa shape index (κ1) is 13.2. The molecule has 0 fully saturated rings. The van der Waals surface area contributed by atoms with Gasteiger partial charge in [0, 0.05) is 0 Å². The van der Waals surface area contributed by atoms with E-state index < -0.39 is 23.2 Å². The van der Waals surface area contributed by atoms with Crippen molar-refractivity contribution in [3.8, 4) is 0 Å². The number of aliphatic carboxylic acids is 1. The lowest BCUT2D eigenvalue weighted by molar-refractivity contribution is -0.142. The summed E-state index contributed by atoms with van der Waals surface area (Å²) in [6, 6.07) is -0.659. The molecule has 82 valence electrons. The van der Waals surface area contributed by atoms with Gasteiger partial charge in [0.15, 0.2) is 0 Å². The van der Waals surface area contributed by atoms with Crippen molar-refractivity contribution in [2.75, 3.05) is 12.9 Å². The quantitative estimate of drug-likeness (QED) is 0.617. The van der Waals surface area contributed by atoms with Crippen LogP contribution in [0.3, 0.4) is 0 Å². The number of carboxylic acids is 1. The topological polar surface area (TPSA) is 89.6 Å². The number of carbonyl (C=O) groups is 2. The minimum absolute atomic E-state index is 0.426. The van der Waals surface area contributed by atoms with Gasteiger partial charge in [0.05, 0.1) is 12.4 Å². The first-order valence-electron chi connectivity index (χ1n) is 4.16. The molecular formula is C8H15NO4S. The van der Waals surface area contributed by atoms with Crippen molar-refractivity contribution in [3.05, 3.63) is 0 Å². The molecule has 0 heterocycles. The summed E-state index contributed by atoms with van der Waals surface area (Å²) < 4.78 is 4.43. The molecule has 0 saturated heterocycles. The van der Waals surface area contributed by atoms with E-state index in [0.717, 1.165) is 0 Å². The molecule has 0 aromatic heterocycles. The van der Waals surface area contributed by atoms with Crippen LogP contribution in [0.5, 0.6) is 0 Å². The molecule has 0 aromatic carbocycles. The molecule has 14 heavy (non-hydrogen) atoms. The van der Waals surface area contributed by atoms with Crippen molar-refractivity contribution in [2.24, 2.45) is 5.73 Å². The van der Waals surface area contributed by atoms with Crippen molar-refractivity contribution in [3.63, 3.8) is 0 Å². The van der Waals surface area contributed by atoms with E-state index in [-0.39, 0.29) is 0 Å². The molecule has 6 heteroatoms. The van der Waals surface area contributed by atoms with Crippen LogP contribution in [-0.2, 0) is 14.3 Å². The van der Waals surface area contributed by atoms with Crippen LogP contribution in [-0.4, -0.2) is 41.2 Å². The highest BCUT2D eigenvalue weighted by Gasteiger charge is 2.15. The maximum Gasteiger partial charge on any atom is 0.322 e. The van der Waals surface area contributed by atoms with Crippen molar-refractivity contribution in [2.45, 2.75) is 24.6 Å². The molecule has 5 nitrogen and oxygen atoms in total. The number of esters is 1. The largest absolute Gasteiger partial charge is 0.480 e. The molecule has 0 aliphatic rings. The van der Waals surface area contributed by atoms with Gasteiger partial charge in [-0.1, -0.05) is 0 Å². The molecule has 0 radical (unpaired) electrons. The predicted molar refractivity (Wildman–Crippen MR) is 54.2 cm³/mol. The van der Waals surface area contributed by atoms with Crippen LogP contribution in [0.1, 0.15) is 13.3 Å². The lowest BCUT2D eigenvalue weighted by Gasteiger charge is -2.09. The van der Waals surface area contributed by atoms with Crippen LogP contribution < -0.4 is 5.73 Å². The first-order valence-corrected chi connectivity index (χ1v) is 5.21. The molecule has 0 amide bonds. The molecule has 2 unspecified atom stereocenters. The van der Waals surface area contributed by atoms with E-state index >= 15 is 0 Å². The number of thioether (sulfide) groups is 1. The van der Waals surface area contributed by atoms with Gasteiger partial charge in [0.25, 0.3) is 0 Å². The van der Waals surface area contributed by atoms with Gasteiger partial charge in [-0.15, -0.1) is 11.8 Å². The molecule has 0 rings (SSSR count). The van der Waals surface area contributed by atoms with Gasteiger partial charge in [0.1, 0.15) is 6.04 Å². The van der Waals surface area contributed by atoms with Crippen molar-refractivity contribution in [1.29, 1.82) is 0 Å². The molecule has 0 spiro atoms. The minimum Gasteiger partial charge on any atom is -0.480 e. The standard InChI is InChI=1S/C8H15NO4S/c1-5(7(10)11)14-4-3-6(9)8(12)13-2/h5-6H,3-4,9H2,1-2H3,(H,10,11). The van der Waals surface area contributed by atoms with Gasteiger partial charge in [0.2, 0.25) is 0 Å². The fourth-order valence-electron chi connectivity index (χ4n) is 0.712. The van der Waals surface area contributed by atoms with E-state index in [1.165, 1.54) is 18.9 Å². The van der Waals surface area contributed by atoms with E-state index in [9.17, 15) is 9.59 Å². The van der Waals surface area contributed by atoms with Crippen LogP contribution in [0.25, 0.3) is 0 Å². The summed E-state index contributed by atoms with van der Waals surface area (Å²) in [6.07, 6.45) is 0.426. The zero-order valence-corrected chi connectivity index (χ0v) is 9.04. The maximum absolute atomic E-state index is 10.8. The number of methoxy groups -OCH3 is 1. The molecule has 3 N–H and O–H groups in total. The minimum atomic E-state index is -0.860. The Balaban J connectivity index is 3.64. The third-order valence-corrected chi connectivity index (χ3v) is 2.82. The normalized spacial score (nSPS) is 14.5. The predicted octanol–water partition coefficient (Wildman–Crippen LogP) is 0.0831. The summed E-state index contributed by atoms with van der Waals surface area (Å²) in [7, 11) is 1.27. The molecule has 0 aliphatic carbocycles. The average molecular weight is 221 g/mol. The highest BCUT2D eigenvalue weighted by Crippen LogP contribution is 2.12. The van der Waals surface area contributed by atoms with E-state index in [4.69, 9.17) is 10.8 Å². The summed E-state index contributed by atoms with van der Waals surface area (Å²) >= 11 is 1.25. The molecule has 0 aliphatic heterocycles.